The minimum atomic E-state index is -0.623. The SMILES string of the molecule is CCOC(=O)c1cnn(-c2ccc3ccccc3n2)c1NC(=O)CCC(=O)c1ccc(Cl)cc1. The molecule has 0 atom stereocenters. The summed E-state index contributed by atoms with van der Waals surface area (Å²) < 4.78 is 6.48. The first-order valence-corrected chi connectivity index (χ1v) is 11.0. The lowest BCUT2D eigenvalue weighted by Gasteiger charge is -2.11. The highest BCUT2D eigenvalue weighted by Gasteiger charge is 2.22. The van der Waals surface area contributed by atoms with Gasteiger partial charge in [0.25, 0.3) is 0 Å². The average molecular weight is 477 g/mol. The number of hydrogen-bond donors (Lipinski definition) is 1. The van der Waals surface area contributed by atoms with Gasteiger partial charge in [0, 0.05) is 28.8 Å². The number of halogens is 1. The van der Waals surface area contributed by atoms with E-state index in [4.69, 9.17) is 16.3 Å². The minimum Gasteiger partial charge on any atom is -0.462 e. The number of esters is 1. The Morgan fingerprint density at radius 2 is 1.76 bits per heavy atom. The van der Waals surface area contributed by atoms with Gasteiger partial charge < -0.3 is 10.1 Å². The van der Waals surface area contributed by atoms with Gasteiger partial charge in [-0.1, -0.05) is 29.8 Å². The molecule has 172 valence electrons. The second-order valence-electron chi connectivity index (χ2n) is 7.38. The first-order chi connectivity index (χ1) is 16.5. The third-order valence-corrected chi connectivity index (χ3v) is 5.32. The van der Waals surface area contributed by atoms with Gasteiger partial charge in [-0.05, 0) is 49.4 Å². The molecule has 4 rings (SSSR count). The van der Waals surface area contributed by atoms with Crippen LogP contribution in [0.25, 0.3) is 16.7 Å². The Morgan fingerprint density at radius 1 is 1.00 bits per heavy atom. The van der Waals surface area contributed by atoms with Crippen LogP contribution in [-0.4, -0.2) is 39.0 Å². The molecule has 0 bridgehead atoms. The fourth-order valence-corrected chi connectivity index (χ4v) is 3.50. The number of carbonyl (C=O) groups is 3. The van der Waals surface area contributed by atoms with Crippen molar-refractivity contribution in [3.8, 4) is 5.82 Å². The van der Waals surface area contributed by atoms with E-state index in [0.29, 0.717) is 16.4 Å². The Bertz CT molecular complexity index is 1370. The molecular formula is C25H21ClN4O4. The largest absolute Gasteiger partial charge is 0.462 e. The molecule has 0 aliphatic heterocycles. The van der Waals surface area contributed by atoms with Gasteiger partial charge in [0.05, 0.1) is 18.3 Å². The quantitative estimate of drug-likeness (QED) is 0.288. The van der Waals surface area contributed by atoms with Gasteiger partial charge >= 0.3 is 5.97 Å². The summed E-state index contributed by atoms with van der Waals surface area (Å²) in [5.74, 6) is -0.716. The molecule has 9 heteroatoms. The lowest BCUT2D eigenvalue weighted by atomic mass is 10.1. The van der Waals surface area contributed by atoms with Crippen molar-refractivity contribution in [1.29, 1.82) is 0 Å². The summed E-state index contributed by atoms with van der Waals surface area (Å²) in [6.07, 6.45) is 1.23. The van der Waals surface area contributed by atoms with Crippen LogP contribution in [0.1, 0.15) is 40.5 Å². The summed E-state index contributed by atoms with van der Waals surface area (Å²) in [5.41, 5.74) is 1.29. The molecule has 2 aromatic heterocycles. The van der Waals surface area contributed by atoms with E-state index in [1.807, 2.05) is 30.3 Å². The Morgan fingerprint density at radius 3 is 2.53 bits per heavy atom. The van der Waals surface area contributed by atoms with Gasteiger partial charge in [0.1, 0.15) is 5.56 Å². The number of nitrogens with one attached hydrogen (secondary N) is 1. The van der Waals surface area contributed by atoms with Gasteiger partial charge in [-0.25, -0.2) is 9.78 Å². The average Bonchev–Trinajstić information content (AvgIpc) is 3.26. The number of fused-ring (bicyclic) bond motifs is 1. The number of para-hydroxylation sites is 1. The van der Waals surface area contributed by atoms with E-state index in [2.05, 4.69) is 15.4 Å². The Labute approximate surface area is 200 Å². The number of aromatic nitrogens is 3. The fraction of sp³-hybridized carbons (Fsp3) is 0.160. The molecule has 0 saturated carbocycles. The molecule has 0 aliphatic rings. The number of hydrogen-bond acceptors (Lipinski definition) is 6. The number of benzene rings is 2. The highest BCUT2D eigenvalue weighted by Crippen LogP contribution is 2.23. The Kier molecular flexibility index (Phi) is 6.98. The smallest absolute Gasteiger partial charge is 0.343 e. The van der Waals surface area contributed by atoms with Crippen molar-refractivity contribution < 1.29 is 19.1 Å². The van der Waals surface area contributed by atoms with Crippen LogP contribution in [0, 0.1) is 0 Å². The first-order valence-electron chi connectivity index (χ1n) is 10.7. The molecular weight excluding hydrogens is 456 g/mol. The van der Waals surface area contributed by atoms with Crippen molar-refractivity contribution in [2.75, 3.05) is 11.9 Å². The maximum absolute atomic E-state index is 12.7. The van der Waals surface area contributed by atoms with E-state index >= 15 is 0 Å². The molecule has 4 aromatic rings. The third kappa shape index (κ3) is 5.13. The van der Waals surface area contributed by atoms with Crippen LogP contribution in [0.4, 0.5) is 5.82 Å². The summed E-state index contributed by atoms with van der Waals surface area (Å²) in [4.78, 5) is 42.2. The van der Waals surface area contributed by atoms with E-state index in [0.717, 1.165) is 10.9 Å². The minimum absolute atomic E-state index is 0.00936. The lowest BCUT2D eigenvalue weighted by molar-refractivity contribution is -0.116. The summed E-state index contributed by atoms with van der Waals surface area (Å²) in [7, 11) is 0. The third-order valence-electron chi connectivity index (χ3n) is 5.07. The van der Waals surface area contributed by atoms with E-state index in [1.54, 1.807) is 37.3 Å². The number of amides is 1. The summed E-state index contributed by atoms with van der Waals surface area (Å²) in [6, 6.07) is 17.6. The maximum Gasteiger partial charge on any atom is 0.343 e. The molecule has 2 heterocycles. The Hall–Kier alpha value is -4.04. The lowest BCUT2D eigenvalue weighted by Crippen LogP contribution is -2.19. The molecule has 0 radical (unpaired) electrons. The van der Waals surface area contributed by atoms with Crippen molar-refractivity contribution in [3.63, 3.8) is 0 Å². The van der Waals surface area contributed by atoms with Gasteiger partial charge in [-0.15, -0.1) is 0 Å². The topological polar surface area (TPSA) is 103 Å². The van der Waals surface area contributed by atoms with Gasteiger partial charge in [-0.2, -0.15) is 9.78 Å². The van der Waals surface area contributed by atoms with Crippen molar-refractivity contribution in [2.45, 2.75) is 19.8 Å². The van der Waals surface area contributed by atoms with E-state index < -0.39 is 11.9 Å². The molecule has 0 aliphatic carbocycles. The molecule has 0 unspecified atom stereocenters. The zero-order valence-corrected chi connectivity index (χ0v) is 19.1. The number of ether oxygens (including phenoxy) is 1. The van der Waals surface area contributed by atoms with Crippen LogP contribution in [0.2, 0.25) is 5.02 Å². The second-order valence-corrected chi connectivity index (χ2v) is 7.82. The maximum atomic E-state index is 12.7. The number of pyridine rings is 1. The zero-order chi connectivity index (χ0) is 24.1. The van der Waals surface area contributed by atoms with Crippen LogP contribution in [0.15, 0.2) is 66.9 Å². The van der Waals surface area contributed by atoms with Crippen molar-refractivity contribution in [2.24, 2.45) is 0 Å². The molecule has 34 heavy (non-hydrogen) atoms. The standard InChI is InChI=1S/C25H21ClN4O4/c1-2-34-25(33)19-15-27-30(22-13-9-16-5-3-4-6-20(16)28-22)24(19)29-23(32)14-12-21(31)17-7-10-18(26)11-8-17/h3-11,13,15H,2,12,14H2,1H3,(H,29,32). The highest BCUT2D eigenvalue weighted by molar-refractivity contribution is 6.30. The molecule has 2 aromatic carbocycles. The van der Waals surface area contributed by atoms with Crippen LogP contribution in [0.3, 0.4) is 0 Å². The van der Waals surface area contributed by atoms with Gasteiger partial charge in [-0.3, -0.25) is 9.59 Å². The Balaban J connectivity index is 1.57. The number of ketones is 1. The predicted octanol–water partition coefficient (Wildman–Crippen LogP) is 4.85. The van der Waals surface area contributed by atoms with Crippen molar-refractivity contribution in [1.82, 2.24) is 14.8 Å². The van der Waals surface area contributed by atoms with Crippen molar-refractivity contribution >= 4 is 46.0 Å². The second kappa shape index (κ2) is 10.3. The van der Waals surface area contributed by atoms with E-state index in [9.17, 15) is 14.4 Å². The van der Waals surface area contributed by atoms with Crippen LogP contribution < -0.4 is 5.32 Å². The molecule has 0 spiro atoms. The number of carbonyl (C=O) groups excluding carboxylic acids is 3. The van der Waals surface area contributed by atoms with Crippen molar-refractivity contribution in [3.05, 3.63) is 83.0 Å². The van der Waals surface area contributed by atoms with E-state index in [1.165, 1.54) is 10.9 Å². The molecule has 8 nitrogen and oxygen atoms in total. The van der Waals surface area contributed by atoms with Gasteiger partial charge in [0.15, 0.2) is 17.4 Å². The first kappa shape index (κ1) is 23.1. The monoisotopic (exact) mass is 476 g/mol. The molecule has 1 amide bonds. The number of rotatable bonds is 8. The predicted molar refractivity (Wildman–Crippen MR) is 128 cm³/mol. The highest BCUT2D eigenvalue weighted by atomic mass is 35.5. The number of Topliss-reactive ketones (excluding diaryl/α,β-unsaturated/α-hetero) is 1. The van der Waals surface area contributed by atoms with Crippen LogP contribution in [0.5, 0.6) is 0 Å². The summed E-state index contributed by atoms with van der Waals surface area (Å²) >= 11 is 5.86. The molecule has 1 N–H and O–H groups in total. The molecule has 0 saturated heterocycles. The van der Waals surface area contributed by atoms with Crippen LogP contribution >= 0.6 is 11.6 Å². The fourth-order valence-electron chi connectivity index (χ4n) is 3.38. The normalized spacial score (nSPS) is 10.8. The number of nitrogens with zero attached hydrogens (tertiary/aromatic N) is 3. The number of anilines is 1. The van der Waals surface area contributed by atoms with E-state index in [-0.39, 0.29) is 36.6 Å². The summed E-state index contributed by atoms with van der Waals surface area (Å²) in [5, 5.41) is 8.43. The van der Waals surface area contributed by atoms with Gasteiger partial charge in [0.2, 0.25) is 5.91 Å². The summed E-state index contributed by atoms with van der Waals surface area (Å²) in [6.45, 7) is 1.86. The molecule has 0 fully saturated rings. The zero-order valence-electron chi connectivity index (χ0n) is 18.3. The van der Waals surface area contributed by atoms with Crippen LogP contribution in [-0.2, 0) is 9.53 Å².